The van der Waals surface area contributed by atoms with Gasteiger partial charge in [0.15, 0.2) is 0 Å². The minimum absolute atomic E-state index is 0.211. The Bertz CT molecular complexity index is 130. The first-order valence-corrected chi connectivity index (χ1v) is 4.42. The van der Waals surface area contributed by atoms with Crippen LogP contribution in [-0.4, -0.2) is 46.8 Å². The number of methoxy groups -OCH3 is 1. The molecule has 0 aromatic carbocycles. The van der Waals surface area contributed by atoms with Gasteiger partial charge >= 0.3 is 0 Å². The number of aliphatic hydroxyl groups excluding tert-OH is 2. The van der Waals surface area contributed by atoms with E-state index >= 15 is 0 Å². The maximum atomic E-state index is 9.41. The summed E-state index contributed by atoms with van der Waals surface area (Å²) in [7, 11) is 1.49. The van der Waals surface area contributed by atoms with Gasteiger partial charge in [-0.15, -0.1) is 0 Å². The highest BCUT2D eigenvalue weighted by Crippen LogP contribution is 2.14. The molecule has 0 aromatic rings. The molecule has 4 heteroatoms. The molecule has 0 saturated carbocycles. The Kier molecular flexibility index (Phi) is 5.48. The fourth-order valence-electron chi connectivity index (χ4n) is 1.23. The van der Waals surface area contributed by atoms with Crippen molar-refractivity contribution in [1.29, 1.82) is 0 Å². The quantitative estimate of drug-likeness (QED) is 0.550. The van der Waals surface area contributed by atoms with Crippen molar-refractivity contribution in [2.24, 2.45) is 0 Å². The van der Waals surface area contributed by atoms with Crippen LogP contribution in [0.15, 0.2) is 0 Å². The first kappa shape index (κ1) is 12.8. The second-order valence-corrected chi connectivity index (χ2v) is 4.02. The van der Waals surface area contributed by atoms with Crippen molar-refractivity contribution < 1.29 is 20.1 Å². The summed E-state index contributed by atoms with van der Waals surface area (Å²) in [4.78, 5) is 0. The van der Waals surface area contributed by atoms with E-state index in [0.717, 1.165) is 0 Å². The highest BCUT2D eigenvalue weighted by atomic mass is 16.5. The maximum absolute atomic E-state index is 9.41. The van der Waals surface area contributed by atoms with E-state index in [0.29, 0.717) is 0 Å². The lowest BCUT2D eigenvalue weighted by Crippen LogP contribution is -2.30. The predicted molar refractivity (Wildman–Crippen MR) is 49.4 cm³/mol. The van der Waals surface area contributed by atoms with E-state index in [1.165, 1.54) is 7.11 Å². The van der Waals surface area contributed by atoms with Gasteiger partial charge in [-0.3, -0.25) is 0 Å². The van der Waals surface area contributed by atoms with Crippen LogP contribution in [0.3, 0.4) is 0 Å². The average molecular weight is 192 g/mol. The Morgan fingerprint density at radius 3 is 2.15 bits per heavy atom. The average Bonchev–Trinajstić information content (AvgIpc) is 1.81. The molecule has 13 heavy (non-hydrogen) atoms. The van der Waals surface area contributed by atoms with Gasteiger partial charge in [-0.2, -0.15) is 0 Å². The van der Waals surface area contributed by atoms with Gasteiger partial charge < -0.3 is 20.1 Å². The van der Waals surface area contributed by atoms with E-state index in [2.05, 4.69) is 0 Å². The van der Waals surface area contributed by atoms with Crippen molar-refractivity contribution in [3.8, 4) is 0 Å². The Balaban J connectivity index is 3.67. The molecule has 3 N–H and O–H groups in total. The van der Waals surface area contributed by atoms with Crippen LogP contribution in [0.2, 0.25) is 0 Å². The molecule has 0 aromatic heterocycles. The van der Waals surface area contributed by atoms with Crippen molar-refractivity contribution in [2.45, 2.75) is 44.5 Å². The number of aliphatic hydroxyl groups is 3. The van der Waals surface area contributed by atoms with Gasteiger partial charge in [0, 0.05) is 20.0 Å². The number of ether oxygens (including phenoxy) is 1. The number of rotatable bonds is 6. The molecule has 0 rings (SSSR count). The minimum Gasteiger partial charge on any atom is -0.393 e. The third-order valence-corrected chi connectivity index (χ3v) is 1.64. The Morgan fingerprint density at radius 2 is 1.77 bits per heavy atom. The molecule has 0 fully saturated rings. The third-order valence-electron chi connectivity index (χ3n) is 1.64. The summed E-state index contributed by atoms with van der Waals surface area (Å²) in [6.07, 6.45) is -0.862. The zero-order chi connectivity index (χ0) is 10.5. The summed E-state index contributed by atoms with van der Waals surface area (Å²) in [5.74, 6) is 0. The Morgan fingerprint density at radius 1 is 1.23 bits per heavy atom. The summed E-state index contributed by atoms with van der Waals surface area (Å²) in [6, 6.07) is 0. The van der Waals surface area contributed by atoms with Gasteiger partial charge in [-0.1, -0.05) is 0 Å². The zero-order valence-electron chi connectivity index (χ0n) is 8.53. The Hall–Kier alpha value is -0.160. The van der Waals surface area contributed by atoms with Gasteiger partial charge in [0.2, 0.25) is 0 Å². The molecule has 0 aliphatic rings. The molecule has 0 aliphatic carbocycles. The second kappa shape index (κ2) is 5.54. The van der Waals surface area contributed by atoms with E-state index in [1.54, 1.807) is 13.8 Å². The van der Waals surface area contributed by atoms with Crippen molar-refractivity contribution in [1.82, 2.24) is 0 Å². The molecule has 80 valence electrons. The summed E-state index contributed by atoms with van der Waals surface area (Å²) < 4.78 is 4.71. The van der Waals surface area contributed by atoms with E-state index in [9.17, 15) is 15.3 Å². The number of hydrogen-bond acceptors (Lipinski definition) is 4. The first-order valence-electron chi connectivity index (χ1n) is 4.42. The zero-order valence-corrected chi connectivity index (χ0v) is 8.53. The maximum Gasteiger partial charge on any atom is 0.0798 e. The number of hydrogen-bond donors (Lipinski definition) is 3. The smallest absolute Gasteiger partial charge is 0.0798 e. The molecule has 0 amide bonds. The fraction of sp³-hybridized carbons (Fsp3) is 1.00. The van der Waals surface area contributed by atoms with Crippen molar-refractivity contribution in [2.75, 3.05) is 13.7 Å². The molecule has 2 atom stereocenters. The molecule has 4 nitrogen and oxygen atoms in total. The SMILES string of the molecule is COCC(O)CC(O)CC(C)(C)O. The molecule has 0 aliphatic heterocycles. The highest BCUT2D eigenvalue weighted by molar-refractivity contribution is 4.73. The van der Waals surface area contributed by atoms with Crippen LogP contribution in [0, 0.1) is 0 Å². The van der Waals surface area contributed by atoms with Gasteiger partial charge in [-0.25, -0.2) is 0 Å². The summed E-state index contributed by atoms with van der Waals surface area (Å²) in [6.45, 7) is 3.46. The van der Waals surface area contributed by atoms with Gasteiger partial charge in [-0.05, 0) is 13.8 Å². The van der Waals surface area contributed by atoms with Crippen molar-refractivity contribution in [3.63, 3.8) is 0 Å². The van der Waals surface area contributed by atoms with Crippen LogP contribution >= 0.6 is 0 Å². The lowest BCUT2D eigenvalue weighted by Gasteiger charge is -2.22. The molecule has 0 saturated heterocycles. The molecular formula is C9H20O4. The van der Waals surface area contributed by atoms with E-state index in [-0.39, 0.29) is 19.4 Å². The van der Waals surface area contributed by atoms with Crippen LogP contribution in [-0.2, 0) is 4.74 Å². The second-order valence-electron chi connectivity index (χ2n) is 4.02. The topological polar surface area (TPSA) is 69.9 Å². The molecule has 2 unspecified atom stereocenters. The third kappa shape index (κ3) is 8.18. The Labute approximate surface area is 79.2 Å². The summed E-state index contributed by atoms with van der Waals surface area (Å²) in [5.41, 5.74) is -0.897. The molecule has 0 spiro atoms. The van der Waals surface area contributed by atoms with Crippen LogP contribution in [0.25, 0.3) is 0 Å². The first-order chi connectivity index (χ1) is 5.85. The molecule has 0 heterocycles. The van der Waals surface area contributed by atoms with Crippen LogP contribution in [0.1, 0.15) is 26.7 Å². The highest BCUT2D eigenvalue weighted by Gasteiger charge is 2.20. The van der Waals surface area contributed by atoms with Gasteiger partial charge in [0.25, 0.3) is 0 Å². The predicted octanol–water partition coefficient (Wildman–Crippen LogP) is -0.0943. The lowest BCUT2D eigenvalue weighted by atomic mass is 9.97. The van der Waals surface area contributed by atoms with Gasteiger partial charge in [0.05, 0.1) is 24.4 Å². The largest absolute Gasteiger partial charge is 0.393 e. The van der Waals surface area contributed by atoms with Crippen LogP contribution in [0.5, 0.6) is 0 Å². The van der Waals surface area contributed by atoms with Crippen molar-refractivity contribution >= 4 is 0 Å². The van der Waals surface area contributed by atoms with E-state index < -0.39 is 17.8 Å². The molecule has 0 bridgehead atoms. The summed E-state index contributed by atoms with van der Waals surface area (Å²) >= 11 is 0. The van der Waals surface area contributed by atoms with Crippen LogP contribution in [0.4, 0.5) is 0 Å². The minimum atomic E-state index is -0.897. The monoisotopic (exact) mass is 192 g/mol. The standard InChI is InChI=1S/C9H20O4/c1-9(2,12)5-7(10)4-8(11)6-13-3/h7-8,10-12H,4-6H2,1-3H3. The normalized spacial score (nSPS) is 17.1. The van der Waals surface area contributed by atoms with E-state index in [4.69, 9.17) is 4.74 Å². The molecular weight excluding hydrogens is 172 g/mol. The van der Waals surface area contributed by atoms with Gasteiger partial charge in [0.1, 0.15) is 0 Å². The summed E-state index contributed by atoms with van der Waals surface area (Å²) in [5, 5.41) is 28.0. The fourth-order valence-corrected chi connectivity index (χ4v) is 1.23. The van der Waals surface area contributed by atoms with Crippen LogP contribution < -0.4 is 0 Å². The van der Waals surface area contributed by atoms with Crippen molar-refractivity contribution in [3.05, 3.63) is 0 Å². The lowest BCUT2D eigenvalue weighted by molar-refractivity contribution is -0.0159. The molecule has 0 radical (unpaired) electrons. The van der Waals surface area contributed by atoms with E-state index in [1.807, 2.05) is 0 Å².